The largest absolute Gasteiger partial charge is 0.505 e. The zero-order chi connectivity index (χ0) is 14.9. The second-order valence-electron chi connectivity index (χ2n) is 3.97. The summed E-state index contributed by atoms with van der Waals surface area (Å²) in [6, 6.07) is 7.76. The highest BCUT2D eigenvalue weighted by atomic mass is 79.9. The first-order valence-electron chi connectivity index (χ1n) is 5.43. The highest BCUT2D eigenvalue weighted by Gasteiger charge is 2.13. The lowest BCUT2D eigenvalue weighted by Gasteiger charge is -2.09. The van der Waals surface area contributed by atoms with Crippen LogP contribution in [0, 0.1) is 0 Å². The Morgan fingerprint density at radius 3 is 2.40 bits per heavy atom. The number of nitrogens with one attached hydrogen (secondary N) is 1. The van der Waals surface area contributed by atoms with Crippen molar-refractivity contribution in [3.63, 3.8) is 0 Å². The van der Waals surface area contributed by atoms with Gasteiger partial charge in [-0.05, 0) is 30.3 Å². The van der Waals surface area contributed by atoms with Crippen molar-refractivity contribution in [2.24, 2.45) is 0 Å². The SMILES string of the molecule is Nc1ccc(Br)cc1C(=O)Nc1cc(Cl)c(O)c(Cl)c1. The molecule has 0 saturated carbocycles. The van der Waals surface area contributed by atoms with E-state index in [2.05, 4.69) is 21.2 Å². The fraction of sp³-hybridized carbons (Fsp3) is 0. The number of hydrogen-bond acceptors (Lipinski definition) is 3. The Kier molecular flexibility index (Phi) is 4.42. The fourth-order valence-corrected chi connectivity index (χ4v) is 2.41. The fourth-order valence-electron chi connectivity index (χ4n) is 1.56. The molecule has 0 heterocycles. The van der Waals surface area contributed by atoms with Crippen LogP contribution < -0.4 is 11.1 Å². The maximum atomic E-state index is 12.1. The van der Waals surface area contributed by atoms with Crippen LogP contribution >= 0.6 is 39.1 Å². The Morgan fingerprint density at radius 1 is 1.20 bits per heavy atom. The van der Waals surface area contributed by atoms with E-state index in [1.807, 2.05) is 0 Å². The van der Waals surface area contributed by atoms with Crippen LogP contribution in [0.25, 0.3) is 0 Å². The summed E-state index contributed by atoms with van der Waals surface area (Å²) in [6.07, 6.45) is 0. The zero-order valence-corrected chi connectivity index (χ0v) is 13.1. The Morgan fingerprint density at radius 2 is 1.80 bits per heavy atom. The maximum Gasteiger partial charge on any atom is 0.257 e. The van der Waals surface area contributed by atoms with E-state index in [9.17, 15) is 9.90 Å². The summed E-state index contributed by atoms with van der Waals surface area (Å²) in [5, 5.41) is 12.2. The number of phenols is 1. The molecule has 2 rings (SSSR count). The Balaban J connectivity index is 2.30. The summed E-state index contributed by atoms with van der Waals surface area (Å²) in [5.74, 6) is -0.630. The molecule has 4 nitrogen and oxygen atoms in total. The third-order valence-electron chi connectivity index (χ3n) is 2.53. The van der Waals surface area contributed by atoms with E-state index in [0.717, 1.165) is 4.47 Å². The van der Waals surface area contributed by atoms with Gasteiger partial charge >= 0.3 is 0 Å². The number of rotatable bonds is 2. The Labute approximate surface area is 133 Å². The smallest absolute Gasteiger partial charge is 0.257 e. The number of hydrogen-bond donors (Lipinski definition) is 3. The molecular formula is C13H9BrCl2N2O2. The van der Waals surface area contributed by atoms with Gasteiger partial charge in [0.2, 0.25) is 0 Å². The number of benzene rings is 2. The van der Waals surface area contributed by atoms with Gasteiger partial charge < -0.3 is 16.2 Å². The molecule has 0 fully saturated rings. The minimum atomic E-state index is -0.401. The van der Waals surface area contributed by atoms with Crippen LogP contribution in [0.1, 0.15) is 10.4 Å². The molecule has 0 bridgehead atoms. The van der Waals surface area contributed by atoms with Crippen molar-refractivity contribution in [3.05, 3.63) is 50.4 Å². The van der Waals surface area contributed by atoms with E-state index in [4.69, 9.17) is 28.9 Å². The van der Waals surface area contributed by atoms with Crippen LogP contribution in [0.2, 0.25) is 10.0 Å². The van der Waals surface area contributed by atoms with Gasteiger partial charge in [0.05, 0.1) is 15.6 Å². The van der Waals surface area contributed by atoms with E-state index in [1.54, 1.807) is 18.2 Å². The lowest BCUT2D eigenvalue weighted by molar-refractivity contribution is 0.102. The number of halogens is 3. The molecule has 0 radical (unpaired) electrons. The minimum absolute atomic E-state index is 0.0509. The van der Waals surface area contributed by atoms with E-state index in [1.165, 1.54) is 12.1 Å². The highest BCUT2D eigenvalue weighted by Crippen LogP contribution is 2.34. The summed E-state index contributed by atoms with van der Waals surface area (Å²) in [6.45, 7) is 0. The van der Waals surface area contributed by atoms with Crippen LogP contribution in [0.3, 0.4) is 0 Å². The van der Waals surface area contributed by atoms with E-state index < -0.39 is 5.91 Å². The molecule has 0 unspecified atom stereocenters. The van der Waals surface area contributed by atoms with Crippen molar-refractivity contribution in [3.8, 4) is 5.75 Å². The lowest BCUT2D eigenvalue weighted by atomic mass is 10.1. The van der Waals surface area contributed by atoms with Gasteiger partial charge in [-0.15, -0.1) is 0 Å². The van der Waals surface area contributed by atoms with Crippen molar-refractivity contribution >= 4 is 56.4 Å². The molecule has 1 amide bonds. The summed E-state index contributed by atoms with van der Waals surface area (Å²) < 4.78 is 0.735. The molecule has 0 aliphatic heterocycles. The summed E-state index contributed by atoms with van der Waals surface area (Å²) in [4.78, 5) is 12.1. The Bertz CT molecular complexity index is 669. The van der Waals surface area contributed by atoms with Crippen molar-refractivity contribution in [2.45, 2.75) is 0 Å². The number of phenolic OH excluding ortho intramolecular Hbond substituents is 1. The molecule has 104 valence electrons. The van der Waals surface area contributed by atoms with E-state index in [0.29, 0.717) is 16.9 Å². The quantitative estimate of drug-likeness (QED) is 0.541. The molecule has 0 aromatic heterocycles. The molecule has 20 heavy (non-hydrogen) atoms. The van der Waals surface area contributed by atoms with E-state index >= 15 is 0 Å². The second-order valence-corrected chi connectivity index (χ2v) is 5.70. The molecule has 0 saturated heterocycles. The number of nitrogens with two attached hydrogens (primary N) is 1. The molecule has 0 aliphatic carbocycles. The normalized spacial score (nSPS) is 10.3. The van der Waals surface area contributed by atoms with Gasteiger partial charge in [0, 0.05) is 15.8 Å². The summed E-state index contributed by atoms with van der Waals surface area (Å²) >= 11 is 14.8. The number of amides is 1. The lowest BCUT2D eigenvalue weighted by Crippen LogP contribution is -2.14. The average molecular weight is 376 g/mol. The predicted molar refractivity (Wildman–Crippen MR) is 84.6 cm³/mol. The second kappa shape index (κ2) is 5.91. The van der Waals surface area contributed by atoms with Gasteiger partial charge in [-0.25, -0.2) is 0 Å². The predicted octanol–water partition coefficient (Wildman–Crippen LogP) is 4.30. The van der Waals surface area contributed by atoms with Gasteiger partial charge in [-0.1, -0.05) is 39.1 Å². The van der Waals surface area contributed by atoms with Crippen LogP contribution in [0.15, 0.2) is 34.8 Å². The van der Waals surface area contributed by atoms with Crippen LogP contribution in [-0.4, -0.2) is 11.0 Å². The van der Waals surface area contributed by atoms with E-state index in [-0.39, 0.29) is 15.8 Å². The van der Waals surface area contributed by atoms with Crippen LogP contribution in [0.4, 0.5) is 11.4 Å². The molecule has 2 aromatic rings. The topological polar surface area (TPSA) is 75.4 Å². The third-order valence-corrected chi connectivity index (χ3v) is 3.60. The van der Waals surface area contributed by atoms with Crippen LogP contribution in [-0.2, 0) is 0 Å². The van der Waals surface area contributed by atoms with Crippen LogP contribution in [0.5, 0.6) is 5.75 Å². The molecule has 4 N–H and O–H groups in total. The number of anilines is 2. The van der Waals surface area contributed by atoms with Gasteiger partial charge in [-0.3, -0.25) is 4.79 Å². The van der Waals surface area contributed by atoms with Gasteiger partial charge in [0.15, 0.2) is 5.75 Å². The maximum absolute atomic E-state index is 12.1. The van der Waals surface area contributed by atoms with Crippen molar-refractivity contribution in [1.29, 1.82) is 0 Å². The van der Waals surface area contributed by atoms with Crippen molar-refractivity contribution in [1.82, 2.24) is 0 Å². The molecule has 0 atom stereocenters. The number of aromatic hydroxyl groups is 1. The number of carbonyl (C=O) groups is 1. The third kappa shape index (κ3) is 3.17. The van der Waals surface area contributed by atoms with Crippen molar-refractivity contribution in [2.75, 3.05) is 11.1 Å². The first-order chi connectivity index (χ1) is 9.38. The molecule has 0 spiro atoms. The van der Waals surface area contributed by atoms with Crippen molar-refractivity contribution < 1.29 is 9.90 Å². The first-order valence-corrected chi connectivity index (χ1v) is 6.98. The summed E-state index contributed by atoms with van der Waals surface area (Å²) in [7, 11) is 0. The molecule has 7 heteroatoms. The van der Waals surface area contributed by atoms with Gasteiger partial charge in [-0.2, -0.15) is 0 Å². The monoisotopic (exact) mass is 374 g/mol. The standard InChI is InChI=1S/C13H9BrCl2N2O2/c14-6-1-2-11(17)8(3-6)13(20)18-7-4-9(15)12(19)10(16)5-7/h1-5,19H,17H2,(H,18,20). The zero-order valence-electron chi connectivity index (χ0n) is 9.95. The minimum Gasteiger partial charge on any atom is -0.505 e. The summed E-state index contributed by atoms with van der Waals surface area (Å²) in [5.41, 5.74) is 6.79. The number of nitrogen functional groups attached to an aromatic ring is 1. The molecular weight excluding hydrogens is 367 g/mol. The number of carbonyl (C=O) groups excluding carboxylic acids is 1. The Hall–Kier alpha value is -1.43. The van der Waals surface area contributed by atoms with Gasteiger partial charge in [0.25, 0.3) is 5.91 Å². The average Bonchev–Trinajstić information content (AvgIpc) is 2.38. The first kappa shape index (κ1) is 15.0. The molecule has 0 aliphatic rings. The highest BCUT2D eigenvalue weighted by molar-refractivity contribution is 9.10. The van der Waals surface area contributed by atoms with Gasteiger partial charge in [0.1, 0.15) is 0 Å². The molecule has 2 aromatic carbocycles.